The average Bonchev–Trinajstić information content (AvgIpc) is 2.65. The molecule has 0 unspecified atom stereocenters. The summed E-state index contributed by atoms with van der Waals surface area (Å²) >= 11 is 5.26. The summed E-state index contributed by atoms with van der Waals surface area (Å²) in [5.74, 6) is 0. The lowest BCUT2D eigenvalue weighted by molar-refractivity contribution is 1.07. The van der Waals surface area contributed by atoms with Crippen LogP contribution >= 0.6 is 27.3 Å². The summed E-state index contributed by atoms with van der Waals surface area (Å²) < 4.78 is 1.15. The van der Waals surface area contributed by atoms with Gasteiger partial charge in [0.05, 0.1) is 0 Å². The van der Waals surface area contributed by atoms with Crippen LogP contribution in [0, 0.1) is 0 Å². The van der Waals surface area contributed by atoms with Crippen LogP contribution in [-0.4, -0.2) is 0 Å². The van der Waals surface area contributed by atoms with Gasteiger partial charge in [-0.05, 0) is 44.6 Å². The van der Waals surface area contributed by atoms with Gasteiger partial charge in [-0.25, -0.2) is 0 Å². The van der Waals surface area contributed by atoms with Crippen molar-refractivity contribution >= 4 is 27.3 Å². The van der Waals surface area contributed by atoms with Gasteiger partial charge < -0.3 is 5.73 Å². The van der Waals surface area contributed by atoms with E-state index in [2.05, 4.69) is 39.5 Å². The minimum Gasteiger partial charge on any atom is -0.326 e. The highest BCUT2D eigenvalue weighted by molar-refractivity contribution is 9.10. The van der Waals surface area contributed by atoms with Crippen LogP contribution in [0.3, 0.4) is 0 Å². The molecule has 0 aliphatic rings. The van der Waals surface area contributed by atoms with Crippen LogP contribution in [0.25, 0.3) is 10.4 Å². The highest BCUT2D eigenvalue weighted by Gasteiger charge is 2.04. The smallest absolute Gasteiger partial charge is 0.0484 e. The van der Waals surface area contributed by atoms with Crippen molar-refractivity contribution in [3.05, 3.63) is 45.7 Å². The third-order valence-electron chi connectivity index (χ3n) is 2.04. The Morgan fingerprint density at radius 1 is 1.29 bits per heavy atom. The van der Waals surface area contributed by atoms with Crippen LogP contribution in [0.5, 0.6) is 0 Å². The molecule has 72 valence electrons. The molecule has 14 heavy (non-hydrogen) atoms. The first kappa shape index (κ1) is 9.90. The molecule has 1 aromatic heterocycles. The minimum absolute atomic E-state index is 0.594. The van der Waals surface area contributed by atoms with E-state index in [9.17, 15) is 0 Å². The predicted octanol–water partition coefficient (Wildman–Crippen LogP) is 3.64. The Hall–Kier alpha value is -0.640. The molecule has 2 aromatic rings. The molecule has 2 rings (SSSR count). The largest absolute Gasteiger partial charge is 0.326 e. The van der Waals surface area contributed by atoms with Gasteiger partial charge in [-0.3, -0.25) is 0 Å². The third-order valence-corrected chi connectivity index (χ3v) is 3.93. The van der Waals surface area contributed by atoms with E-state index < -0.39 is 0 Å². The van der Waals surface area contributed by atoms with E-state index in [0.717, 1.165) is 4.47 Å². The predicted molar refractivity (Wildman–Crippen MR) is 65.3 cm³/mol. The molecule has 0 aliphatic carbocycles. The Morgan fingerprint density at radius 2 is 2.14 bits per heavy atom. The lowest BCUT2D eigenvalue weighted by Gasteiger charge is -2.01. The van der Waals surface area contributed by atoms with Crippen molar-refractivity contribution in [1.29, 1.82) is 0 Å². The molecular formula is C11H10BrNS. The SMILES string of the molecule is NCc1cccc(-c2sccc2Br)c1. The van der Waals surface area contributed by atoms with Gasteiger partial charge in [0.25, 0.3) is 0 Å². The molecule has 0 saturated heterocycles. The van der Waals surface area contributed by atoms with Crippen molar-refractivity contribution in [3.63, 3.8) is 0 Å². The van der Waals surface area contributed by atoms with E-state index in [1.807, 2.05) is 12.1 Å². The summed E-state index contributed by atoms with van der Waals surface area (Å²) in [5.41, 5.74) is 8.00. The zero-order valence-electron chi connectivity index (χ0n) is 7.53. The Balaban J connectivity index is 2.47. The normalized spacial score (nSPS) is 10.4. The molecule has 1 nitrogen and oxygen atoms in total. The van der Waals surface area contributed by atoms with Gasteiger partial charge in [0.2, 0.25) is 0 Å². The standard InChI is InChI=1S/C11H10BrNS/c12-10-4-5-14-11(10)9-3-1-2-8(6-9)7-13/h1-6H,7,13H2. The topological polar surface area (TPSA) is 26.0 Å². The number of rotatable bonds is 2. The van der Waals surface area contributed by atoms with Gasteiger partial charge in [-0.1, -0.05) is 18.2 Å². The second kappa shape index (κ2) is 4.26. The second-order valence-electron chi connectivity index (χ2n) is 3.00. The van der Waals surface area contributed by atoms with Gasteiger partial charge in [0.1, 0.15) is 0 Å². The van der Waals surface area contributed by atoms with Gasteiger partial charge >= 0.3 is 0 Å². The van der Waals surface area contributed by atoms with Gasteiger partial charge in [0.15, 0.2) is 0 Å². The van der Waals surface area contributed by atoms with Crippen LogP contribution in [-0.2, 0) is 6.54 Å². The fourth-order valence-electron chi connectivity index (χ4n) is 1.34. The molecule has 2 N–H and O–H groups in total. The van der Waals surface area contributed by atoms with E-state index in [4.69, 9.17) is 5.73 Å². The molecule has 0 spiro atoms. The van der Waals surface area contributed by atoms with E-state index in [1.165, 1.54) is 16.0 Å². The van der Waals surface area contributed by atoms with Crippen LogP contribution in [0.15, 0.2) is 40.2 Å². The molecule has 1 aromatic carbocycles. The number of thiophene rings is 1. The number of hydrogen-bond acceptors (Lipinski definition) is 2. The maximum absolute atomic E-state index is 5.60. The molecule has 0 saturated carbocycles. The molecule has 0 atom stereocenters. The summed E-state index contributed by atoms with van der Waals surface area (Å²) in [4.78, 5) is 1.26. The van der Waals surface area contributed by atoms with Crippen molar-refractivity contribution in [2.75, 3.05) is 0 Å². The van der Waals surface area contributed by atoms with Crippen molar-refractivity contribution in [1.82, 2.24) is 0 Å². The maximum atomic E-state index is 5.60. The van der Waals surface area contributed by atoms with Crippen LogP contribution in [0.4, 0.5) is 0 Å². The van der Waals surface area contributed by atoms with Crippen molar-refractivity contribution < 1.29 is 0 Å². The third kappa shape index (κ3) is 1.90. The van der Waals surface area contributed by atoms with Crippen LogP contribution < -0.4 is 5.73 Å². The van der Waals surface area contributed by atoms with Gasteiger partial charge in [-0.2, -0.15) is 0 Å². The molecule has 0 fully saturated rings. The summed E-state index contributed by atoms with van der Waals surface area (Å²) in [6, 6.07) is 10.4. The minimum atomic E-state index is 0.594. The van der Waals surface area contributed by atoms with Crippen molar-refractivity contribution in [2.45, 2.75) is 6.54 Å². The highest BCUT2D eigenvalue weighted by atomic mass is 79.9. The van der Waals surface area contributed by atoms with Crippen LogP contribution in [0.2, 0.25) is 0 Å². The maximum Gasteiger partial charge on any atom is 0.0484 e. The van der Waals surface area contributed by atoms with Crippen molar-refractivity contribution in [3.8, 4) is 10.4 Å². The molecule has 3 heteroatoms. The quantitative estimate of drug-likeness (QED) is 0.884. The van der Waals surface area contributed by atoms with E-state index in [-0.39, 0.29) is 0 Å². The van der Waals surface area contributed by atoms with E-state index in [0.29, 0.717) is 6.54 Å². The first-order valence-electron chi connectivity index (χ1n) is 4.33. The first-order valence-corrected chi connectivity index (χ1v) is 6.01. The number of hydrogen-bond donors (Lipinski definition) is 1. The zero-order chi connectivity index (χ0) is 9.97. The highest BCUT2D eigenvalue weighted by Crippen LogP contribution is 2.33. The Labute approximate surface area is 95.7 Å². The monoisotopic (exact) mass is 267 g/mol. The molecule has 0 radical (unpaired) electrons. The molecule has 0 aliphatic heterocycles. The van der Waals surface area contributed by atoms with Crippen LogP contribution in [0.1, 0.15) is 5.56 Å². The van der Waals surface area contributed by atoms with Crippen molar-refractivity contribution in [2.24, 2.45) is 5.73 Å². The molecular weight excluding hydrogens is 258 g/mol. The summed E-state index contributed by atoms with van der Waals surface area (Å²) in [6.07, 6.45) is 0. The fraction of sp³-hybridized carbons (Fsp3) is 0.0909. The lowest BCUT2D eigenvalue weighted by Crippen LogP contribution is -1.95. The number of benzene rings is 1. The molecule has 1 heterocycles. The zero-order valence-corrected chi connectivity index (χ0v) is 9.94. The summed E-state index contributed by atoms with van der Waals surface area (Å²) in [7, 11) is 0. The Bertz CT molecular complexity index is 436. The molecule has 0 amide bonds. The van der Waals surface area contributed by atoms with Gasteiger partial charge in [0, 0.05) is 15.9 Å². The Kier molecular flexibility index (Phi) is 3.01. The van der Waals surface area contributed by atoms with E-state index in [1.54, 1.807) is 11.3 Å². The summed E-state index contributed by atoms with van der Waals surface area (Å²) in [5, 5.41) is 2.08. The van der Waals surface area contributed by atoms with E-state index >= 15 is 0 Å². The fourth-order valence-corrected chi connectivity index (χ4v) is 2.94. The second-order valence-corrected chi connectivity index (χ2v) is 4.77. The lowest BCUT2D eigenvalue weighted by atomic mass is 10.1. The summed E-state index contributed by atoms with van der Waals surface area (Å²) in [6.45, 7) is 0.594. The first-order chi connectivity index (χ1) is 6.81. The number of halogens is 1. The number of nitrogens with two attached hydrogens (primary N) is 1. The molecule has 0 bridgehead atoms. The van der Waals surface area contributed by atoms with Gasteiger partial charge in [-0.15, -0.1) is 11.3 Å². The average molecular weight is 268 g/mol. The Morgan fingerprint density at radius 3 is 2.79 bits per heavy atom.